The normalized spacial score (nSPS) is 11.5. The van der Waals surface area contributed by atoms with Gasteiger partial charge in [-0.15, -0.1) is 0 Å². The minimum absolute atomic E-state index is 0.484. The summed E-state index contributed by atoms with van der Waals surface area (Å²) in [5.74, 6) is 2.92. The molecule has 0 radical (unpaired) electrons. The van der Waals surface area contributed by atoms with Crippen LogP contribution in [-0.2, 0) is 13.0 Å². The number of aromatic nitrogens is 1. The Bertz CT molecular complexity index is 693. The molecule has 0 aliphatic heterocycles. The van der Waals surface area contributed by atoms with E-state index in [4.69, 9.17) is 20.8 Å². The lowest BCUT2D eigenvalue weighted by molar-refractivity contribution is 0.414. The number of hydrogen-bond acceptors (Lipinski definition) is 4. The third kappa shape index (κ3) is 4.89. The Balaban J connectivity index is 1.81. The molecular weight excluding hydrogens is 328 g/mol. The Morgan fingerprint density at radius 3 is 2.71 bits per heavy atom. The molecule has 0 fully saturated rings. The largest absolute Gasteiger partial charge is 0.497 e. The number of aliphatic imine (C=N–C) groups is 1. The second-order valence-electron chi connectivity index (χ2n) is 5.31. The van der Waals surface area contributed by atoms with E-state index in [0.29, 0.717) is 30.0 Å². The maximum atomic E-state index is 6.24. The first-order valence-corrected chi connectivity index (χ1v) is 8.11. The highest BCUT2D eigenvalue weighted by molar-refractivity contribution is 6.31. The van der Waals surface area contributed by atoms with Gasteiger partial charge < -0.3 is 19.8 Å². The summed E-state index contributed by atoms with van der Waals surface area (Å²) in [6.45, 7) is 5.01. The standard InChI is InChI=1S/C17H23ClN4O2/c1-11-12(2)24-16(22-11)10-21-17(19-3)20-8-7-13-5-6-14(23-4)9-15(13)18/h5-6,9H,7-8,10H2,1-4H3,(H2,19,20,21). The van der Waals surface area contributed by atoms with E-state index in [1.165, 1.54) is 0 Å². The van der Waals surface area contributed by atoms with Crippen LogP contribution in [0.4, 0.5) is 0 Å². The van der Waals surface area contributed by atoms with Crippen molar-refractivity contribution in [1.82, 2.24) is 15.6 Å². The molecule has 0 atom stereocenters. The first-order valence-electron chi connectivity index (χ1n) is 7.73. The van der Waals surface area contributed by atoms with Crippen LogP contribution < -0.4 is 15.4 Å². The molecule has 0 aliphatic carbocycles. The van der Waals surface area contributed by atoms with Crippen molar-refractivity contribution >= 4 is 17.6 Å². The van der Waals surface area contributed by atoms with Crippen molar-refractivity contribution < 1.29 is 9.15 Å². The fourth-order valence-electron chi connectivity index (χ4n) is 2.17. The third-order valence-electron chi connectivity index (χ3n) is 3.65. The van der Waals surface area contributed by atoms with Crippen molar-refractivity contribution in [3.8, 4) is 5.75 Å². The van der Waals surface area contributed by atoms with E-state index in [1.807, 2.05) is 32.0 Å². The molecule has 130 valence electrons. The third-order valence-corrected chi connectivity index (χ3v) is 4.00. The molecule has 6 nitrogen and oxygen atoms in total. The zero-order chi connectivity index (χ0) is 17.5. The number of benzene rings is 1. The molecule has 0 aliphatic rings. The number of aryl methyl sites for hydroxylation is 2. The summed E-state index contributed by atoms with van der Waals surface area (Å²) < 4.78 is 10.7. The van der Waals surface area contributed by atoms with Crippen molar-refractivity contribution in [1.29, 1.82) is 0 Å². The SMILES string of the molecule is CN=C(NCCc1ccc(OC)cc1Cl)NCc1nc(C)c(C)o1. The number of ether oxygens (including phenoxy) is 1. The van der Waals surface area contributed by atoms with E-state index in [1.54, 1.807) is 14.2 Å². The lowest BCUT2D eigenvalue weighted by atomic mass is 10.1. The predicted octanol–water partition coefficient (Wildman–Crippen LogP) is 2.86. The Labute approximate surface area is 147 Å². The van der Waals surface area contributed by atoms with Crippen LogP contribution in [-0.4, -0.2) is 31.6 Å². The molecule has 2 rings (SSSR count). The Morgan fingerprint density at radius 1 is 1.33 bits per heavy atom. The predicted molar refractivity (Wildman–Crippen MR) is 95.9 cm³/mol. The summed E-state index contributed by atoms with van der Waals surface area (Å²) in [6.07, 6.45) is 0.779. The Morgan fingerprint density at radius 2 is 2.12 bits per heavy atom. The first-order chi connectivity index (χ1) is 11.5. The van der Waals surface area contributed by atoms with E-state index in [2.05, 4.69) is 20.6 Å². The molecule has 24 heavy (non-hydrogen) atoms. The quantitative estimate of drug-likeness (QED) is 0.619. The number of guanidine groups is 1. The number of halogens is 1. The van der Waals surface area contributed by atoms with Gasteiger partial charge in [-0.25, -0.2) is 4.98 Å². The van der Waals surface area contributed by atoms with Crippen LogP contribution in [0.2, 0.25) is 5.02 Å². The molecule has 2 N–H and O–H groups in total. The van der Waals surface area contributed by atoms with Gasteiger partial charge in [0.25, 0.3) is 0 Å². The number of hydrogen-bond donors (Lipinski definition) is 2. The van der Waals surface area contributed by atoms with Crippen LogP contribution in [0.25, 0.3) is 0 Å². The minimum Gasteiger partial charge on any atom is -0.497 e. The van der Waals surface area contributed by atoms with Crippen molar-refractivity contribution in [3.05, 3.63) is 46.1 Å². The van der Waals surface area contributed by atoms with E-state index < -0.39 is 0 Å². The maximum Gasteiger partial charge on any atom is 0.214 e. The van der Waals surface area contributed by atoms with Crippen LogP contribution in [0.15, 0.2) is 27.6 Å². The van der Waals surface area contributed by atoms with Crippen LogP contribution in [0.3, 0.4) is 0 Å². The number of oxazole rings is 1. The second-order valence-corrected chi connectivity index (χ2v) is 5.72. The minimum atomic E-state index is 0.484. The molecule has 2 aromatic rings. The average Bonchev–Trinajstić information content (AvgIpc) is 2.90. The van der Waals surface area contributed by atoms with Crippen molar-refractivity contribution in [3.63, 3.8) is 0 Å². The molecule has 0 unspecified atom stereocenters. The molecule has 1 heterocycles. The molecule has 0 spiro atoms. The lowest BCUT2D eigenvalue weighted by Crippen LogP contribution is -2.37. The monoisotopic (exact) mass is 350 g/mol. The van der Waals surface area contributed by atoms with E-state index >= 15 is 0 Å². The van der Waals surface area contributed by atoms with Gasteiger partial charge >= 0.3 is 0 Å². The number of nitrogens with one attached hydrogen (secondary N) is 2. The summed E-state index contributed by atoms with van der Waals surface area (Å²) in [4.78, 5) is 8.52. The molecule has 0 bridgehead atoms. The van der Waals surface area contributed by atoms with Crippen molar-refractivity contribution in [2.75, 3.05) is 20.7 Å². The molecule has 0 amide bonds. The molecule has 7 heteroatoms. The molecule has 1 aromatic heterocycles. The van der Waals surface area contributed by atoms with Crippen LogP contribution in [0.5, 0.6) is 5.75 Å². The fraction of sp³-hybridized carbons (Fsp3) is 0.412. The fourth-order valence-corrected chi connectivity index (χ4v) is 2.43. The summed E-state index contributed by atoms with van der Waals surface area (Å²) in [5, 5.41) is 7.12. The topological polar surface area (TPSA) is 71.7 Å². The first kappa shape index (κ1) is 18.1. The zero-order valence-corrected chi connectivity index (χ0v) is 15.2. The zero-order valence-electron chi connectivity index (χ0n) is 14.4. The van der Waals surface area contributed by atoms with Gasteiger partial charge in [-0.1, -0.05) is 17.7 Å². The molecule has 1 aromatic carbocycles. The summed E-state index contributed by atoms with van der Waals surface area (Å²) in [6, 6.07) is 5.69. The van der Waals surface area contributed by atoms with Crippen LogP contribution in [0, 0.1) is 13.8 Å². The smallest absolute Gasteiger partial charge is 0.214 e. The van der Waals surface area contributed by atoms with Crippen molar-refractivity contribution in [2.24, 2.45) is 4.99 Å². The van der Waals surface area contributed by atoms with Gasteiger partial charge in [0, 0.05) is 18.6 Å². The van der Waals surface area contributed by atoms with Gasteiger partial charge in [0.15, 0.2) is 5.96 Å². The van der Waals surface area contributed by atoms with Gasteiger partial charge in [0.2, 0.25) is 5.89 Å². The summed E-state index contributed by atoms with van der Waals surface area (Å²) in [5.41, 5.74) is 1.96. The number of methoxy groups -OCH3 is 1. The lowest BCUT2D eigenvalue weighted by Gasteiger charge is -2.11. The summed E-state index contributed by atoms with van der Waals surface area (Å²) in [7, 11) is 3.35. The number of rotatable bonds is 6. The average molecular weight is 351 g/mol. The highest BCUT2D eigenvalue weighted by Crippen LogP contribution is 2.22. The van der Waals surface area contributed by atoms with Gasteiger partial charge in [-0.3, -0.25) is 4.99 Å². The highest BCUT2D eigenvalue weighted by Gasteiger charge is 2.07. The molecule has 0 saturated carbocycles. The molecular formula is C17H23ClN4O2. The Hall–Kier alpha value is -2.21. The van der Waals surface area contributed by atoms with Crippen LogP contribution >= 0.6 is 11.6 Å². The van der Waals surface area contributed by atoms with Gasteiger partial charge in [-0.05, 0) is 38.0 Å². The maximum absolute atomic E-state index is 6.24. The second kappa shape index (κ2) is 8.59. The van der Waals surface area contributed by atoms with E-state index in [-0.39, 0.29) is 0 Å². The van der Waals surface area contributed by atoms with E-state index in [0.717, 1.165) is 29.2 Å². The van der Waals surface area contributed by atoms with Gasteiger partial charge in [0.1, 0.15) is 11.5 Å². The Kier molecular flexibility index (Phi) is 6.49. The number of nitrogens with zero attached hydrogens (tertiary/aromatic N) is 2. The molecule has 0 saturated heterocycles. The van der Waals surface area contributed by atoms with Gasteiger partial charge in [0.05, 0.1) is 19.3 Å². The highest BCUT2D eigenvalue weighted by atomic mass is 35.5. The van der Waals surface area contributed by atoms with Crippen molar-refractivity contribution in [2.45, 2.75) is 26.8 Å². The summed E-state index contributed by atoms with van der Waals surface area (Å²) >= 11 is 6.24. The van der Waals surface area contributed by atoms with Crippen LogP contribution in [0.1, 0.15) is 22.9 Å². The van der Waals surface area contributed by atoms with E-state index in [9.17, 15) is 0 Å². The van der Waals surface area contributed by atoms with Gasteiger partial charge in [-0.2, -0.15) is 0 Å².